The maximum absolute atomic E-state index is 13.7. The summed E-state index contributed by atoms with van der Waals surface area (Å²) in [4.78, 5) is 21.8. The number of nitrogens with zero attached hydrogens (tertiary/aromatic N) is 7. The lowest BCUT2D eigenvalue weighted by Crippen LogP contribution is -2.49. The van der Waals surface area contributed by atoms with Crippen molar-refractivity contribution in [3.05, 3.63) is 53.9 Å². The van der Waals surface area contributed by atoms with Gasteiger partial charge in [-0.3, -0.25) is 14.5 Å². The molecule has 1 aliphatic heterocycles. The lowest BCUT2D eigenvalue weighted by Gasteiger charge is -2.51. The fraction of sp³-hybridized carbons (Fsp3) is 0.417. The largest absolute Gasteiger partial charge is 0.273 e. The molecule has 166 valence electrons. The molecule has 4 aliphatic rings. The topological polar surface area (TPSA) is 100 Å². The molecule has 3 atom stereocenters. The van der Waals surface area contributed by atoms with E-state index in [1.165, 1.54) is 12.3 Å². The normalized spacial score (nSPS) is 28.0. The number of nitriles is 1. The highest BCUT2D eigenvalue weighted by molar-refractivity contribution is 5.82. The van der Waals surface area contributed by atoms with Gasteiger partial charge in [-0.05, 0) is 60.8 Å². The van der Waals surface area contributed by atoms with E-state index in [0.717, 1.165) is 31.3 Å². The number of carbonyl (C=O) groups is 1. The van der Waals surface area contributed by atoms with Crippen molar-refractivity contribution in [3.8, 4) is 6.07 Å². The van der Waals surface area contributed by atoms with Crippen molar-refractivity contribution in [1.82, 2.24) is 24.8 Å². The van der Waals surface area contributed by atoms with E-state index in [9.17, 15) is 9.18 Å². The number of fused-ring (bicyclic) bond motifs is 3. The van der Waals surface area contributed by atoms with Crippen LogP contribution in [-0.2, 0) is 11.3 Å². The Labute approximate surface area is 189 Å². The smallest absolute Gasteiger partial charge is 0.246 e. The number of pyridine rings is 2. The summed E-state index contributed by atoms with van der Waals surface area (Å²) in [5, 5.41) is 19.5. The fourth-order valence-corrected chi connectivity index (χ4v) is 5.74. The minimum atomic E-state index is -0.408. The third-order valence-corrected chi connectivity index (χ3v) is 7.51. The molecule has 9 heteroatoms. The van der Waals surface area contributed by atoms with Crippen molar-refractivity contribution in [2.75, 3.05) is 0 Å². The van der Waals surface area contributed by atoms with Gasteiger partial charge in [-0.25, -0.2) is 14.4 Å². The van der Waals surface area contributed by atoms with Crippen LogP contribution in [0, 0.1) is 40.8 Å². The highest BCUT2D eigenvalue weighted by atomic mass is 19.1. The average Bonchev–Trinajstić information content (AvgIpc) is 3.45. The van der Waals surface area contributed by atoms with Gasteiger partial charge in [-0.2, -0.15) is 15.5 Å². The van der Waals surface area contributed by atoms with Crippen molar-refractivity contribution in [2.45, 2.75) is 38.3 Å². The zero-order valence-electron chi connectivity index (χ0n) is 17.9. The molecule has 0 spiro atoms. The summed E-state index contributed by atoms with van der Waals surface area (Å²) in [7, 11) is 0. The summed E-state index contributed by atoms with van der Waals surface area (Å²) in [5.41, 5.74) is 2.66. The molecule has 0 saturated heterocycles. The van der Waals surface area contributed by atoms with E-state index in [-0.39, 0.29) is 17.9 Å². The lowest BCUT2D eigenvalue weighted by molar-refractivity contribution is -0.147. The molecule has 3 aliphatic carbocycles. The molecule has 3 aromatic heterocycles. The van der Waals surface area contributed by atoms with Gasteiger partial charge < -0.3 is 0 Å². The third kappa shape index (κ3) is 3.37. The van der Waals surface area contributed by atoms with Crippen molar-refractivity contribution >= 4 is 23.2 Å². The van der Waals surface area contributed by atoms with Gasteiger partial charge in [0.25, 0.3) is 0 Å². The third-order valence-electron chi connectivity index (χ3n) is 7.51. The van der Waals surface area contributed by atoms with E-state index < -0.39 is 5.82 Å². The van der Waals surface area contributed by atoms with Gasteiger partial charge in [0.15, 0.2) is 0 Å². The van der Waals surface area contributed by atoms with Gasteiger partial charge in [0.1, 0.15) is 23.1 Å². The minimum absolute atomic E-state index is 0.0248. The second-order valence-electron chi connectivity index (χ2n) is 9.30. The first-order valence-electron chi connectivity index (χ1n) is 11.3. The highest BCUT2D eigenvalue weighted by Gasteiger charge is 2.50. The molecule has 33 heavy (non-hydrogen) atoms. The van der Waals surface area contributed by atoms with Crippen LogP contribution < -0.4 is 0 Å². The Morgan fingerprint density at radius 1 is 1.18 bits per heavy atom. The van der Waals surface area contributed by atoms with Crippen LogP contribution in [-0.4, -0.2) is 36.9 Å². The first-order valence-corrected chi connectivity index (χ1v) is 11.3. The van der Waals surface area contributed by atoms with Crippen molar-refractivity contribution in [3.63, 3.8) is 0 Å². The molecule has 0 aromatic carbocycles. The molecular weight excluding hydrogens is 421 g/mol. The number of hydrogen-bond acceptors (Lipinski definition) is 6. The standard InChI is InChI=1S/C24H22FN7O/c25-18-7-16(10-27-11-18)22-3-4-28-32(22)24(33)20-8-17(14-5-15(20)6-14)13-31-23-2-1-19(9-26)30-21(23)12-29-31/h1-2,4,7,10-12,14-15,17,20,22H,3,5-6,8,13H2/t14?,15?,17-,20-,22?/m0/s1. The Morgan fingerprint density at radius 3 is 2.88 bits per heavy atom. The molecule has 3 saturated carbocycles. The van der Waals surface area contributed by atoms with E-state index >= 15 is 0 Å². The van der Waals surface area contributed by atoms with Crippen LogP contribution in [0.25, 0.3) is 11.0 Å². The number of aromatic nitrogens is 4. The first-order chi connectivity index (χ1) is 16.1. The molecule has 1 amide bonds. The molecule has 8 nitrogen and oxygen atoms in total. The van der Waals surface area contributed by atoms with Crippen LogP contribution >= 0.6 is 0 Å². The molecular formula is C24H22FN7O. The van der Waals surface area contributed by atoms with Crippen LogP contribution in [0.5, 0.6) is 0 Å². The Balaban J connectivity index is 1.21. The van der Waals surface area contributed by atoms with Gasteiger partial charge in [0.2, 0.25) is 5.91 Å². The monoisotopic (exact) mass is 443 g/mol. The molecule has 7 rings (SSSR count). The number of hydrazone groups is 1. The average molecular weight is 443 g/mol. The van der Waals surface area contributed by atoms with Gasteiger partial charge >= 0.3 is 0 Å². The summed E-state index contributed by atoms with van der Waals surface area (Å²) in [6, 6.07) is 6.79. The molecule has 3 aromatic rings. The summed E-state index contributed by atoms with van der Waals surface area (Å²) in [6.07, 6.45) is 9.65. The van der Waals surface area contributed by atoms with E-state index in [4.69, 9.17) is 5.26 Å². The van der Waals surface area contributed by atoms with E-state index in [1.807, 2.05) is 10.7 Å². The van der Waals surface area contributed by atoms with E-state index in [1.54, 1.807) is 29.7 Å². The molecule has 3 fully saturated rings. The fourth-order valence-electron chi connectivity index (χ4n) is 5.74. The van der Waals surface area contributed by atoms with Crippen molar-refractivity contribution in [1.29, 1.82) is 5.26 Å². The molecule has 0 radical (unpaired) electrons. The van der Waals surface area contributed by atoms with Crippen LogP contribution in [0.4, 0.5) is 4.39 Å². The highest BCUT2D eigenvalue weighted by Crippen LogP contribution is 2.53. The Bertz CT molecular complexity index is 1310. The summed E-state index contributed by atoms with van der Waals surface area (Å²) < 4.78 is 15.7. The van der Waals surface area contributed by atoms with E-state index in [2.05, 4.69) is 26.2 Å². The quantitative estimate of drug-likeness (QED) is 0.615. The van der Waals surface area contributed by atoms with Crippen LogP contribution in [0.1, 0.15) is 43.0 Å². The second-order valence-corrected chi connectivity index (χ2v) is 9.30. The molecule has 4 heterocycles. The van der Waals surface area contributed by atoms with Crippen LogP contribution in [0.2, 0.25) is 0 Å². The van der Waals surface area contributed by atoms with Gasteiger partial charge in [-0.15, -0.1) is 0 Å². The number of hydrogen-bond donors (Lipinski definition) is 0. The number of halogens is 1. The summed E-state index contributed by atoms with van der Waals surface area (Å²) >= 11 is 0. The lowest BCUT2D eigenvalue weighted by atomic mass is 9.55. The maximum Gasteiger partial charge on any atom is 0.246 e. The molecule has 1 unspecified atom stereocenters. The number of amides is 1. The summed E-state index contributed by atoms with van der Waals surface area (Å²) in [6.45, 7) is 0.721. The minimum Gasteiger partial charge on any atom is -0.273 e. The zero-order chi connectivity index (χ0) is 22.5. The number of carbonyl (C=O) groups excluding carboxylic acids is 1. The summed E-state index contributed by atoms with van der Waals surface area (Å²) in [5.74, 6) is 0.837. The van der Waals surface area contributed by atoms with Gasteiger partial charge in [-0.1, -0.05) is 0 Å². The van der Waals surface area contributed by atoms with Crippen molar-refractivity contribution in [2.24, 2.45) is 28.8 Å². The van der Waals surface area contributed by atoms with Gasteiger partial charge in [0, 0.05) is 31.3 Å². The number of rotatable bonds is 4. The Morgan fingerprint density at radius 2 is 2.06 bits per heavy atom. The van der Waals surface area contributed by atoms with Crippen LogP contribution in [0.3, 0.4) is 0 Å². The predicted octanol–water partition coefficient (Wildman–Crippen LogP) is 3.46. The maximum atomic E-state index is 13.7. The Kier molecular flexibility index (Phi) is 4.68. The SMILES string of the molecule is N#Cc1ccc2c(cnn2C[C@@H]2C[C@H](C(=O)N3N=CCC3c3cncc(F)c3)C3CC2C3)n1. The Hall–Kier alpha value is -3.67. The van der Waals surface area contributed by atoms with E-state index in [0.29, 0.717) is 40.9 Å². The van der Waals surface area contributed by atoms with Crippen molar-refractivity contribution < 1.29 is 9.18 Å². The first kappa shape index (κ1) is 20.0. The molecule has 2 bridgehead atoms. The van der Waals surface area contributed by atoms with Gasteiger partial charge in [0.05, 0.1) is 24.0 Å². The second kappa shape index (κ2) is 7.73. The molecule has 0 N–H and O–H groups in total. The zero-order valence-corrected chi connectivity index (χ0v) is 17.9. The predicted molar refractivity (Wildman–Crippen MR) is 117 cm³/mol. The van der Waals surface area contributed by atoms with Crippen LogP contribution in [0.15, 0.2) is 41.9 Å².